The lowest BCUT2D eigenvalue weighted by Gasteiger charge is -2.27. The van der Waals surface area contributed by atoms with Crippen LogP contribution in [0.3, 0.4) is 0 Å². The van der Waals surface area contributed by atoms with Gasteiger partial charge in [-0.2, -0.15) is 5.26 Å². The lowest BCUT2D eigenvalue weighted by molar-refractivity contribution is -0.128. The number of amides is 2. The van der Waals surface area contributed by atoms with E-state index < -0.39 is 24.0 Å². The average Bonchev–Trinajstić information content (AvgIpc) is 3.04. The van der Waals surface area contributed by atoms with Crippen LogP contribution < -0.4 is 5.32 Å². The van der Waals surface area contributed by atoms with E-state index in [9.17, 15) is 19.6 Å². The van der Waals surface area contributed by atoms with Gasteiger partial charge >= 0.3 is 5.97 Å². The smallest absolute Gasteiger partial charge is 0.338 e. The average molecular weight is 371 g/mol. The number of nitriles is 1. The topological polar surface area (TPSA) is 99.5 Å². The molecule has 1 aromatic rings. The first-order valence-electron chi connectivity index (χ1n) is 9.01. The molecule has 1 aliphatic rings. The van der Waals surface area contributed by atoms with E-state index in [-0.39, 0.29) is 11.8 Å². The third-order valence-corrected chi connectivity index (χ3v) is 4.85. The molecule has 2 rings (SSSR count). The molecule has 1 aromatic carbocycles. The number of ether oxygens (including phenoxy) is 1. The molecule has 1 atom stereocenters. The summed E-state index contributed by atoms with van der Waals surface area (Å²) in [5, 5.41) is 11.8. The van der Waals surface area contributed by atoms with Crippen molar-refractivity contribution in [1.82, 2.24) is 10.2 Å². The molecule has 1 unspecified atom stereocenters. The van der Waals surface area contributed by atoms with Crippen LogP contribution in [0.4, 0.5) is 0 Å². The number of nitrogens with zero attached hydrogens (tertiary/aromatic N) is 2. The Morgan fingerprint density at radius 2 is 2.00 bits per heavy atom. The summed E-state index contributed by atoms with van der Waals surface area (Å²) in [6.07, 6.45) is 1.47. The fraction of sp³-hybridized carbons (Fsp3) is 0.500. The second-order valence-corrected chi connectivity index (χ2v) is 7.21. The first-order valence-corrected chi connectivity index (χ1v) is 9.01. The Kier molecular flexibility index (Phi) is 6.56. The molecule has 1 fully saturated rings. The van der Waals surface area contributed by atoms with Gasteiger partial charge in [-0.3, -0.25) is 9.59 Å². The summed E-state index contributed by atoms with van der Waals surface area (Å²) in [6, 6.07) is 8.84. The Morgan fingerprint density at radius 3 is 2.52 bits per heavy atom. The molecule has 0 saturated carbocycles. The molecule has 1 saturated heterocycles. The highest BCUT2D eigenvalue weighted by molar-refractivity contribution is 5.91. The lowest BCUT2D eigenvalue weighted by Crippen LogP contribution is -2.50. The van der Waals surface area contributed by atoms with Crippen molar-refractivity contribution in [3.8, 4) is 6.07 Å². The van der Waals surface area contributed by atoms with Crippen molar-refractivity contribution >= 4 is 17.8 Å². The van der Waals surface area contributed by atoms with Gasteiger partial charge in [0.1, 0.15) is 5.54 Å². The third-order valence-electron chi connectivity index (χ3n) is 4.85. The van der Waals surface area contributed by atoms with E-state index in [0.29, 0.717) is 18.5 Å². The van der Waals surface area contributed by atoms with Crippen molar-refractivity contribution in [2.75, 3.05) is 13.2 Å². The predicted octanol–water partition coefficient (Wildman–Crippen LogP) is 2.02. The van der Waals surface area contributed by atoms with Gasteiger partial charge in [0.05, 0.1) is 11.6 Å². The monoisotopic (exact) mass is 371 g/mol. The van der Waals surface area contributed by atoms with E-state index in [4.69, 9.17) is 4.74 Å². The molecule has 7 heteroatoms. The Hall–Kier alpha value is -2.88. The van der Waals surface area contributed by atoms with Gasteiger partial charge in [-0.1, -0.05) is 26.0 Å². The summed E-state index contributed by atoms with van der Waals surface area (Å²) in [7, 11) is 0. The number of likely N-dealkylation sites (tertiary alicyclic amines) is 1. The molecular weight excluding hydrogens is 346 g/mol. The van der Waals surface area contributed by atoms with E-state index >= 15 is 0 Å². The van der Waals surface area contributed by atoms with Crippen LogP contribution in [0.2, 0.25) is 0 Å². The molecule has 1 N–H and O–H groups in total. The number of carbonyl (C=O) groups excluding carboxylic acids is 3. The van der Waals surface area contributed by atoms with Crippen LogP contribution in [0.5, 0.6) is 0 Å². The van der Waals surface area contributed by atoms with Crippen LogP contribution >= 0.6 is 0 Å². The number of nitrogens with one attached hydrogen (secondary N) is 1. The summed E-state index contributed by atoms with van der Waals surface area (Å²) < 4.78 is 5.03. The zero-order valence-electron chi connectivity index (χ0n) is 15.9. The largest absolute Gasteiger partial charge is 0.452 e. The van der Waals surface area contributed by atoms with Gasteiger partial charge in [0, 0.05) is 19.5 Å². The van der Waals surface area contributed by atoms with E-state index in [1.807, 2.05) is 13.8 Å². The van der Waals surface area contributed by atoms with Gasteiger partial charge < -0.3 is 15.0 Å². The number of hydrogen-bond acceptors (Lipinski definition) is 5. The summed E-state index contributed by atoms with van der Waals surface area (Å²) >= 11 is 0. The minimum atomic E-state index is -1.02. The highest BCUT2D eigenvalue weighted by Crippen LogP contribution is 2.16. The molecule has 144 valence electrons. The van der Waals surface area contributed by atoms with E-state index in [0.717, 1.165) is 18.5 Å². The summed E-state index contributed by atoms with van der Waals surface area (Å²) in [4.78, 5) is 37.5. The molecule has 1 heterocycles. The maximum absolute atomic E-state index is 12.1. The fourth-order valence-corrected chi connectivity index (χ4v) is 2.68. The normalized spacial score (nSPS) is 16.0. The first-order chi connectivity index (χ1) is 12.7. The minimum absolute atomic E-state index is 0.0859. The highest BCUT2D eigenvalue weighted by Gasteiger charge is 2.30. The second-order valence-electron chi connectivity index (χ2n) is 7.21. The summed E-state index contributed by atoms with van der Waals surface area (Å²) in [5.41, 5.74) is 0.241. The lowest BCUT2D eigenvalue weighted by atomic mass is 9.90. The quantitative estimate of drug-likeness (QED) is 0.739. The van der Waals surface area contributed by atoms with Crippen LogP contribution in [0.25, 0.3) is 0 Å². The van der Waals surface area contributed by atoms with Gasteiger partial charge in [-0.25, -0.2) is 4.79 Å². The molecule has 0 aromatic heterocycles. The Morgan fingerprint density at radius 1 is 1.33 bits per heavy atom. The van der Waals surface area contributed by atoms with Crippen molar-refractivity contribution in [2.24, 2.45) is 5.92 Å². The number of esters is 1. The number of rotatable bonds is 7. The Balaban J connectivity index is 1.86. The van der Waals surface area contributed by atoms with E-state index in [2.05, 4.69) is 11.4 Å². The van der Waals surface area contributed by atoms with Gasteiger partial charge in [0.15, 0.2) is 6.61 Å². The van der Waals surface area contributed by atoms with Crippen molar-refractivity contribution in [3.05, 3.63) is 35.4 Å². The molecular formula is C20H25N3O4. The number of benzene rings is 1. The van der Waals surface area contributed by atoms with Crippen LogP contribution in [-0.2, 0) is 20.9 Å². The van der Waals surface area contributed by atoms with Crippen molar-refractivity contribution in [3.63, 3.8) is 0 Å². The predicted molar refractivity (Wildman–Crippen MR) is 98.4 cm³/mol. The van der Waals surface area contributed by atoms with E-state index in [1.165, 1.54) is 0 Å². The van der Waals surface area contributed by atoms with Crippen molar-refractivity contribution in [2.45, 2.75) is 45.7 Å². The Bertz CT molecular complexity index is 751. The first kappa shape index (κ1) is 20.4. The van der Waals surface area contributed by atoms with Crippen LogP contribution in [0.15, 0.2) is 24.3 Å². The van der Waals surface area contributed by atoms with Crippen LogP contribution in [0, 0.1) is 17.2 Å². The molecule has 1 aliphatic heterocycles. The summed E-state index contributed by atoms with van der Waals surface area (Å²) in [6.45, 7) is 6.11. The minimum Gasteiger partial charge on any atom is -0.452 e. The van der Waals surface area contributed by atoms with Gasteiger partial charge in [0.2, 0.25) is 5.91 Å². The second kappa shape index (κ2) is 8.67. The van der Waals surface area contributed by atoms with Crippen LogP contribution in [0.1, 0.15) is 49.5 Å². The summed E-state index contributed by atoms with van der Waals surface area (Å²) in [5.74, 6) is -1.07. The van der Waals surface area contributed by atoms with Gasteiger partial charge in [0.25, 0.3) is 5.91 Å². The fourth-order valence-electron chi connectivity index (χ4n) is 2.68. The van der Waals surface area contributed by atoms with E-state index in [1.54, 1.807) is 36.1 Å². The van der Waals surface area contributed by atoms with Gasteiger partial charge in [-0.15, -0.1) is 0 Å². The van der Waals surface area contributed by atoms with Crippen LogP contribution in [-0.4, -0.2) is 41.4 Å². The Labute approximate surface area is 159 Å². The SMILES string of the molecule is CC(C)C(C)(C#N)NC(=O)COC(=O)c1ccc(CN2CCCC2=O)cc1. The zero-order valence-corrected chi connectivity index (χ0v) is 15.9. The molecule has 7 nitrogen and oxygen atoms in total. The third kappa shape index (κ3) is 5.30. The molecule has 27 heavy (non-hydrogen) atoms. The highest BCUT2D eigenvalue weighted by atomic mass is 16.5. The van der Waals surface area contributed by atoms with Gasteiger partial charge in [-0.05, 0) is 37.0 Å². The number of carbonyl (C=O) groups is 3. The van der Waals surface area contributed by atoms with Crippen molar-refractivity contribution < 1.29 is 19.1 Å². The standard InChI is InChI=1S/C20H25N3O4/c1-14(2)20(3,13-21)22-17(24)12-27-19(26)16-8-6-15(7-9-16)11-23-10-4-5-18(23)25/h6-9,14H,4-5,10-12H2,1-3H3,(H,22,24). The molecule has 0 aliphatic carbocycles. The zero-order chi connectivity index (χ0) is 20.0. The van der Waals surface area contributed by atoms with Crippen molar-refractivity contribution in [1.29, 1.82) is 5.26 Å². The number of hydrogen-bond donors (Lipinski definition) is 1. The molecule has 0 spiro atoms. The maximum atomic E-state index is 12.1. The molecule has 0 radical (unpaired) electrons. The maximum Gasteiger partial charge on any atom is 0.338 e. The molecule has 0 bridgehead atoms. The molecule has 2 amide bonds.